The molecule has 6 heteroatoms. The highest BCUT2D eigenvalue weighted by molar-refractivity contribution is 7.13. The number of likely N-dealkylation sites (N-methyl/N-ethyl adjacent to an activating group) is 1. The third kappa shape index (κ3) is 2.49. The maximum atomic E-state index is 11.9. The van der Waals surface area contributed by atoms with Crippen LogP contribution in [0.4, 0.5) is 0 Å². The zero-order valence-corrected chi connectivity index (χ0v) is 12.9. The minimum atomic E-state index is -0.597. The predicted molar refractivity (Wildman–Crippen MR) is 84.0 cm³/mol. The first-order valence-electron chi connectivity index (χ1n) is 7.22. The highest BCUT2D eigenvalue weighted by Gasteiger charge is 2.41. The van der Waals surface area contributed by atoms with Gasteiger partial charge in [-0.1, -0.05) is 6.07 Å². The molecule has 21 heavy (non-hydrogen) atoms. The number of rotatable bonds is 4. The Bertz CT molecular complexity index is 621. The predicted octanol–water partition coefficient (Wildman–Crippen LogP) is 2.17. The maximum absolute atomic E-state index is 11.9. The van der Waals surface area contributed by atoms with Crippen molar-refractivity contribution in [3.8, 4) is 10.7 Å². The molecule has 0 radical (unpaired) electrons. The Morgan fingerprint density at radius 1 is 1.62 bits per heavy atom. The molecule has 112 valence electrons. The van der Waals surface area contributed by atoms with Crippen molar-refractivity contribution in [2.45, 2.75) is 37.3 Å². The lowest BCUT2D eigenvalue weighted by Crippen LogP contribution is -2.56. The first-order valence-corrected chi connectivity index (χ1v) is 8.10. The molecule has 1 saturated carbocycles. The molecule has 0 saturated heterocycles. The van der Waals surface area contributed by atoms with Crippen molar-refractivity contribution in [1.82, 2.24) is 14.9 Å². The summed E-state index contributed by atoms with van der Waals surface area (Å²) in [6.07, 6.45) is 7.38. The van der Waals surface area contributed by atoms with Crippen molar-refractivity contribution in [2.75, 3.05) is 7.05 Å². The summed E-state index contributed by atoms with van der Waals surface area (Å²) in [5, 5.41) is 5.21. The third-order valence-electron chi connectivity index (χ3n) is 4.48. The molecule has 5 nitrogen and oxygen atoms in total. The van der Waals surface area contributed by atoms with Gasteiger partial charge in [-0.3, -0.25) is 4.79 Å². The third-order valence-corrected chi connectivity index (χ3v) is 5.34. The fourth-order valence-corrected chi connectivity index (χ4v) is 3.99. The van der Waals surface area contributed by atoms with Gasteiger partial charge in [0.05, 0.1) is 10.4 Å². The van der Waals surface area contributed by atoms with Gasteiger partial charge in [-0.2, -0.15) is 0 Å². The summed E-state index contributed by atoms with van der Waals surface area (Å²) in [5.41, 5.74) is 5.04. The van der Waals surface area contributed by atoms with Crippen LogP contribution in [0, 0.1) is 0 Å². The molecule has 1 aliphatic rings. The van der Waals surface area contributed by atoms with E-state index in [9.17, 15) is 4.79 Å². The Hall–Kier alpha value is -1.66. The lowest BCUT2D eigenvalue weighted by atomic mass is 9.78. The summed E-state index contributed by atoms with van der Waals surface area (Å²) in [7, 11) is 1.82. The lowest BCUT2D eigenvalue weighted by Gasteiger charge is -2.39. The molecular formula is C15H20N4OS. The quantitative estimate of drug-likeness (QED) is 0.909. The number of hydrogen-bond acceptors (Lipinski definition) is 4. The molecule has 2 atom stereocenters. The molecule has 2 heterocycles. The molecule has 3 rings (SSSR count). The van der Waals surface area contributed by atoms with Gasteiger partial charge >= 0.3 is 0 Å². The van der Waals surface area contributed by atoms with Gasteiger partial charge in [0.25, 0.3) is 0 Å². The summed E-state index contributed by atoms with van der Waals surface area (Å²) in [4.78, 5) is 17.5. The van der Waals surface area contributed by atoms with Gasteiger partial charge in [0.15, 0.2) is 0 Å². The number of primary amides is 1. The summed E-state index contributed by atoms with van der Waals surface area (Å²) in [5.74, 6) is 0.721. The number of amides is 1. The van der Waals surface area contributed by atoms with Crippen LogP contribution in [-0.2, 0) is 4.79 Å². The number of nitrogens with one attached hydrogen (secondary N) is 1. The molecule has 2 unspecified atom stereocenters. The van der Waals surface area contributed by atoms with Gasteiger partial charge in [0.1, 0.15) is 5.82 Å². The molecule has 2 aromatic heterocycles. The van der Waals surface area contributed by atoms with Crippen molar-refractivity contribution in [2.24, 2.45) is 5.73 Å². The van der Waals surface area contributed by atoms with Crippen LogP contribution in [0.25, 0.3) is 10.7 Å². The maximum Gasteiger partial charge on any atom is 0.237 e. The first kappa shape index (κ1) is 14.3. The second-order valence-electron chi connectivity index (χ2n) is 5.58. The zero-order chi connectivity index (χ0) is 14.9. The fourth-order valence-electron chi connectivity index (χ4n) is 3.26. The second kappa shape index (κ2) is 5.61. The number of aromatic nitrogens is 2. The summed E-state index contributed by atoms with van der Waals surface area (Å²) < 4.78 is 2.19. The van der Waals surface area contributed by atoms with E-state index < -0.39 is 5.54 Å². The number of imidazole rings is 1. The van der Waals surface area contributed by atoms with E-state index in [2.05, 4.69) is 26.3 Å². The molecule has 0 spiro atoms. The van der Waals surface area contributed by atoms with E-state index in [0.717, 1.165) is 30.0 Å². The van der Waals surface area contributed by atoms with E-state index in [4.69, 9.17) is 5.73 Å². The standard InChI is InChI=1S/C15H20N4OS/c1-17-15(14(16)20)6-2-4-11(10-15)19-8-7-18-13(19)12-5-3-9-21-12/h3,5,7-9,11,17H,2,4,6,10H2,1H3,(H2,16,20). The topological polar surface area (TPSA) is 72.9 Å². The van der Waals surface area contributed by atoms with Crippen molar-refractivity contribution in [3.05, 3.63) is 29.9 Å². The van der Waals surface area contributed by atoms with Crippen LogP contribution in [0.3, 0.4) is 0 Å². The Kier molecular flexibility index (Phi) is 3.82. The summed E-state index contributed by atoms with van der Waals surface area (Å²) in [6.45, 7) is 0. The van der Waals surface area contributed by atoms with Crippen LogP contribution in [0.1, 0.15) is 31.7 Å². The SMILES string of the molecule is CNC1(C(N)=O)CCCC(n2ccnc2-c2cccs2)C1. The van der Waals surface area contributed by atoms with E-state index in [1.54, 1.807) is 11.3 Å². The second-order valence-corrected chi connectivity index (χ2v) is 6.53. The summed E-state index contributed by atoms with van der Waals surface area (Å²) >= 11 is 1.68. The average Bonchev–Trinajstić information content (AvgIpc) is 3.17. The average molecular weight is 304 g/mol. The van der Waals surface area contributed by atoms with Crippen molar-refractivity contribution in [3.63, 3.8) is 0 Å². The minimum absolute atomic E-state index is 0.248. The van der Waals surface area contributed by atoms with Gasteiger partial charge in [0.2, 0.25) is 5.91 Å². The van der Waals surface area contributed by atoms with Crippen LogP contribution >= 0.6 is 11.3 Å². The molecule has 1 amide bonds. The molecule has 2 aromatic rings. The van der Waals surface area contributed by atoms with Gasteiger partial charge in [-0.05, 0) is 44.2 Å². The molecule has 0 bridgehead atoms. The lowest BCUT2D eigenvalue weighted by molar-refractivity contribution is -0.126. The highest BCUT2D eigenvalue weighted by atomic mass is 32.1. The number of nitrogens with two attached hydrogens (primary N) is 1. The van der Waals surface area contributed by atoms with Gasteiger partial charge in [-0.25, -0.2) is 4.98 Å². The van der Waals surface area contributed by atoms with E-state index in [1.807, 2.05) is 25.5 Å². The van der Waals surface area contributed by atoms with E-state index >= 15 is 0 Å². The van der Waals surface area contributed by atoms with Gasteiger partial charge in [-0.15, -0.1) is 11.3 Å². The first-order chi connectivity index (χ1) is 10.2. The van der Waals surface area contributed by atoms with E-state index in [0.29, 0.717) is 6.42 Å². The van der Waals surface area contributed by atoms with E-state index in [1.165, 1.54) is 0 Å². The molecule has 1 aliphatic carbocycles. The number of carbonyl (C=O) groups is 1. The van der Waals surface area contributed by atoms with Crippen LogP contribution in [0.2, 0.25) is 0 Å². The zero-order valence-electron chi connectivity index (χ0n) is 12.1. The number of nitrogens with zero attached hydrogens (tertiary/aromatic N) is 2. The van der Waals surface area contributed by atoms with Crippen LogP contribution < -0.4 is 11.1 Å². The van der Waals surface area contributed by atoms with Crippen LogP contribution in [-0.4, -0.2) is 28.0 Å². The van der Waals surface area contributed by atoms with Crippen molar-refractivity contribution >= 4 is 17.2 Å². The molecule has 0 aromatic carbocycles. The fraction of sp³-hybridized carbons (Fsp3) is 0.467. The molecule has 0 aliphatic heterocycles. The number of thiophene rings is 1. The highest BCUT2D eigenvalue weighted by Crippen LogP contribution is 2.37. The molecule has 1 fully saturated rings. The van der Waals surface area contributed by atoms with Crippen LogP contribution in [0.5, 0.6) is 0 Å². The Labute approximate surface area is 128 Å². The smallest absolute Gasteiger partial charge is 0.237 e. The largest absolute Gasteiger partial charge is 0.368 e. The Morgan fingerprint density at radius 3 is 3.14 bits per heavy atom. The summed E-state index contributed by atoms with van der Waals surface area (Å²) in [6, 6.07) is 4.35. The number of hydrogen-bond donors (Lipinski definition) is 2. The number of carbonyl (C=O) groups excluding carboxylic acids is 1. The van der Waals surface area contributed by atoms with Crippen molar-refractivity contribution < 1.29 is 4.79 Å². The minimum Gasteiger partial charge on any atom is -0.368 e. The monoisotopic (exact) mass is 304 g/mol. The van der Waals surface area contributed by atoms with Gasteiger partial charge < -0.3 is 15.6 Å². The van der Waals surface area contributed by atoms with Crippen molar-refractivity contribution in [1.29, 1.82) is 0 Å². The van der Waals surface area contributed by atoms with Gasteiger partial charge in [0, 0.05) is 18.4 Å². The molecule has 3 N–H and O–H groups in total. The molecular weight excluding hydrogens is 284 g/mol. The van der Waals surface area contributed by atoms with Crippen LogP contribution in [0.15, 0.2) is 29.9 Å². The Balaban J connectivity index is 1.91. The normalized spacial score (nSPS) is 25.9. The van der Waals surface area contributed by atoms with E-state index in [-0.39, 0.29) is 11.9 Å². The Morgan fingerprint density at radius 2 is 2.48 bits per heavy atom.